The Labute approximate surface area is 262 Å². The number of benzene rings is 2. The zero-order valence-corrected chi connectivity index (χ0v) is 25.0. The summed E-state index contributed by atoms with van der Waals surface area (Å²) in [6.45, 7) is 0.666. The molecule has 10 nitrogen and oxygen atoms in total. The van der Waals surface area contributed by atoms with E-state index in [2.05, 4.69) is 26.3 Å². The molecule has 2 aromatic carbocycles. The van der Waals surface area contributed by atoms with Crippen molar-refractivity contribution in [3.63, 3.8) is 0 Å². The normalized spacial score (nSPS) is 18.4. The van der Waals surface area contributed by atoms with Crippen LogP contribution >= 0.6 is 0 Å². The number of halogens is 4. The fourth-order valence-electron chi connectivity index (χ4n) is 6.07. The van der Waals surface area contributed by atoms with Crippen molar-refractivity contribution in [2.45, 2.75) is 50.2 Å². The second-order valence-electron chi connectivity index (χ2n) is 11.6. The molecule has 5 N–H and O–H groups in total. The molecule has 0 radical (unpaired) electrons. The molecule has 0 unspecified atom stereocenters. The third-order valence-electron chi connectivity index (χ3n) is 8.49. The zero-order valence-electron chi connectivity index (χ0n) is 25.0. The highest BCUT2D eigenvalue weighted by molar-refractivity contribution is 5.96. The number of fused-ring (bicyclic) bond motifs is 3. The van der Waals surface area contributed by atoms with E-state index in [-0.39, 0.29) is 67.1 Å². The van der Waals surface area contributed by atoms with E-state index in [1.807, 2.05) is 0 Å². The van der Waals surface area contributed by atoms with E-state index in [4.69, 9.17) is 4.74 Å². The number of amides is 4. The molecule has 4 amide bonds. The number of carbonyl (C=O) groups is 4. The fourth-order valence-corrected chi connectivity index (χ4v) is 6.07. The van der Waals surface area contributed by atoms with Gasteiger partial charge in [0.05, 0.1) is 24.0 Å². The molecule has 5 rings (SSSR count). The third-order valence-corrected chi connectivity index (χ3v) is 8.49. The Kier molecular flexibility index (Phi) is 9.94. The van der Waals surface area contributed by atoms with Gasteiger partial charge in [0.15, 0.2) is 0 Å². The molecule has 1 aliphatic heterocycles. The van der Waals surface area contributed by atoms with Crippen LogP contribution in [0.1, 0.15) is 41.6 Å². The first-order valence-corrected chi connectivity index (χ1v) is 15.1. The zero-order chi connectivity index (χ0) is 32.9. The summed E-state index contributed by atoms with van der Waals surface area (Å²) in [5.41, 5.74) is -1.34. The molecule has 1 atom stereocenters. The van der Waals surface area contributed by atoms with Gasteiger partial charge >= 0.3 is 6.18 Å². The van der Waals surface area contributed by atoms with Gasteiger partial charge in [-0.25, -0.2) is 4.39 Å². The van der Waals surface area contributed by atoms with Crippen LogP contribution in [-0.2, 0) is 49.4 Å². The first-order chi connectivity index (χ1) is 22.0. The van der Waals surface area contributed by atoms with Crippen molar-refractivity contribution in [3.8, 4) is 0 Å². The van der Waals surface area contributed by atoms with E-state index in [1.54, 1.807) is 6.07 Å². The van der Waals surface area contributed by atoms with Crippen LogP contribution in [0.15, 0.2) is 42.5 Å². The van der Waals surface area contributed by atoms with E-state index in [0.717, 1.165) is 6.07 Å². The van der Waals surface area contributed by atoms with Crippen molar-refractivity contribution < 1.29 is 41.5 Å². The molecule has 246 valence electrons. The van der Waals surface area contributed by atoms with Gasteiger partial charge in [-0.15, -0.1) is 0 Å². The summed E-state index contributed by atoms with van der Waals surface area (Å²) in [6.07, 6.45) is -3.59. The number of nitrogens with one attached hydrogen (secondary N) is 5. The summed E-state index contributed by atoms with van der Waals surface area (Å²) in [4.78, 5) is 54.7. The first kappa shape index (κ1) is 32.9. The molecule has 1 aliphatic carbocycles. The molecule has 2 heterocycles. The minimum absolute atomic E-state index is 0.0454. The molecule has 1 fully saturated rings. The SMILES string of the molecule is O=C(Cc1ccccc1F)NCC(=O)N[C@]1(C(=O)NCCNC(=O)C2CCOCC2)CCc2[nH]c3c(C(F)(F)F)cccc3c2C1. The average Bonchev–Trinajstić information content (AvgIpc) is 3.40. The lowest BCUT2D eigenvalue weighted by molar-refractivity contribution is -0.136. The maximum absolute atomic E-state index is 14.0. The molecular formula is C32H35F4N5O5. The second kappa shape index (κ2) is 13.9. The summed E-state index contributed by atoms with van der Waals surface area (Å²) in [7, 11) is 0. The van der Waals surface area contributed by atoms with Crippen LogP contribution in [0.4, 0.5) is 17.6 Å². The van der Waals surface area contributed by atoms with E-state index in [1.165, 1.54) is 30.3 Å². The summed E-state index contributed by atoms with van der Waals surface area (Å²) >= 11 is 0. The molecule has 2 aliphatic rings. The minimum atomic E-state index is -4.61. The van der Waals surface area contributed by atoms with Gasteiger partial charge in [-0.3, -0.25) is 19.2 Å². The quantitative estimate of drug-likeness (QED) is 0.170. The first-order valence-electron chi connectivity index (χ1n) is 15.1. The molecule has 0 spiro atoms. The highest BCUT2D eigenvalue weighted by atomic mass is 19.4. The van der Waals surface area contributed by atoms with Gasteiger partial charge in [-0.05, 0) is 48.9 Å². The van der Waals surface area contributed by atoms with Crippen LogP contribution < -0.4 is 21.3 Å². The number of alkyl halides is 3. The summed E-state index contributed by atoms with van der Waals surface area (Å²) in [5, 5.41) is 11.0. The number of rotatable bonds is 10. The molecule has 1 aromatic heterocycles. The summed E-state index contributed by atoms with van der Waals surface area (Å²) < 4.78 is 60.5. The number of hydrogen-bond donors (Lipinski definition) is 5. The number of ether oxygens (including phenoxy) is 1. The fraction of sp³-hybridized carbons (Fsp3) is 0.438. The number of carbonyl (C=O) groups excluding carboxylic acids is 4. The standard InChI is InChI=1S/C32H35F4N5O5/c33-24-7-2-1-4-20(24)16-26(42)39-18-27(43)41-31(30(45)38-13-12-37-29(44)19-9-14-46-15-10-19)11-8-25-22(17-31)21-5-3-6-23(28(21)40-25)32(34,35)36/h1-7,19,40H,8-18H2,(H,37,44)(H,38,45)(H,39,42)(H,41,43)/t31-/m1/s1. The third kappa shape index (κ3) is 7.49. The van der Waals surface area contributed by atoms with Gasteiger partial charge in [0.2, 0.25) is 23.6 Å². The molecule has 3 aromatic rings. The second-order valence-corrected chi connectivity index (χ2v) is 11.6. The smallest absolute Gasteiger partial charge is 0.381 e. The van der Waals surface area contributed by atoms with Gasteiger partial charge in [0.1, 0.15) is 11.4 Å². The molecular weight excluding hydrogens is 610 g/mol. The van der Waals surface area contributed by atoms with Crippen LogP contribution in [0, 0.1) is 11.7 Å². The van der Waals surface area contributed by atoms with E-state index in [9.17, 15) is 36.7 Å². The Morgan fingerprint density at radius 3 is 2.41 bits per heavy atom. The van der Waals surface area contributed by atoms with Gasteiger partial charge in [0.25, 0.3) is 0 Å². The van der Waals surface area contributed by atoms with Gasteiger partial charge in [0, 0.05) is 49.7 Å². The van der Waals surface area contributed by atoms with Crippen molar-refractivity contribution in [1.29, 1.82) is 0 Å². The Morgan fingerprint density at radius 1 is 0.935 bits per heavy atom. The lowest BCUT2D eigenvalue weighted by Crippen LogP contribution is -2.63. The number of hydrogen-bond acceptors (Lipinski definition) is 5. The summed E-state index contributed by atoms with van der Waals surface area (Å²) in [6, 6.07) is 9.54. The maximum Gasteiger partial charge on any atom is 0.418 e. The predicted octanol–water partition coefficient (Wildman–Crippen LogP) is 2.69. The topological polar surface area (TPSA) is 141 Å². The highest BCUT2D eigenvalue weighted by Crippen LogP contribution is 2.40. The number of para-hydroxylation sites is 1. The molecule has 46 heavy (non-hydrogen) atoms. The van der Waals surface area contributed by atoms with E-state index >= 15 is 0 Å². The Balaban J connectivity index is 1.30. The lowest BCUT2D eigenvalue weighted by atomic mass is 9.78. The van der Waals surface area contributed by atoms with Crippen LogP contribution in [0.3, 0.4) is 0 Å². The van der Waals surface area contributed by atoms with E-state index < -0.39 is 47.4 Å². The minimum Gasteiger partial charge on any atom is -0.381 e. The number of aryl methyl sites for hydroxylation is 1. The van der Waals surface area contributed by atoms with Crippen molar-refractivity contribution in [2.24, 2.45) is 5.92 Å². The monoisotopic (exact) mass is 645 g/mol. The number of aromatic nitrogens is 1. The van der Waals surface area contributed by atoms with E-state index in [0.29, 0.717) is 37.3 Å². The average molecular weight is 646 g/mol. The van der Waals surface area contributed by atoms with Gasteiger partial charge < -0.3 is 31.0 Å². The number of aromatic amines is 1. The Bertz CT molecular complexity index is 1620. The van der Waals surface area contributed by atoms with Crippen molar-refractivity contribution in [1.82, 2.24) is 26.3 Å². The van der Waals surface area contributed by atoms with Crippen molar-refractivity contribution in [3.05, 3.63) is 70.7 Å². The Morgan fingerprint density at radius 2 is 1.67 bits per heavy atom. The molecule has 1 saturated heterocycles. The predicted molar refractivity (Wildman–Crippen MR) is 159 cm³/mol. The number of H-pyrrole nitrogens is 1. The van der Waals surface area contributed by atoms with Crippen LogP contribution in [0.5, 0.6) is 0 Å². The maximum atomic E-state index is 14.0. The van der Waals surface area contributed by atoms with Gasteiger partial charge in [-0.1, -0.05) is 30.3 Å². The molecule has 14 heteroatoms. The molecule has 0 bridgehead atoms. The van der Waals surface area contributed by atoms with Gasteiger partial charge in [-0.2, -0.15) is 13.2 Å². The van der Waals surface area contributed by atoms with Crippen molar-refractivity contribution >= 4 is 34.5 Å². The van der Waals surface area contributed by atoms with Crippen LogP contribution in [0.2, 0.25) is 0 Å². The Hall–Kier alpha value is -4.46. The van der Waals surface area contributed by atoms with Crippen LogP contribution in [0.25, 0.3) is 10.9 Å². The van der Waals surface area contributed by atoms with Crippen LogP contribution in [-0.4, -0.2) is 67.0 Å². The largest absolute Gasteiger partial charge is 0.418 e. The lowest BCUT2D eigenvalue weighted by Gasteiger charge is -2.37. The molecule has 0 saturated carbocycles. The summed E-state index contributed by atoms with van der Waals surface area (Å²) in [5.74, 6) is -2.78. The van der Waals surface area contributed by atoms with Crippen molar-refractivity contribution in [2.75, 3.05) is 32.8 Å². The highest BCUT2D eigenvalue weighted by Gasteiger charge is 2.44.